The van der Waals surface area contributed by atoms with Gasteiger partial charge in [-0.2, -0.15) is 0 Å². The molecule has 0 bridgehead atoms. The van der Waals surface area contributed by atoms with Crippen LogP contribution >= 0.6 is 0 Å². The molecule has 0 radical (unpaired) electrons. The van der Waals surface area contributed by atoms with Crippen molar-refractivity contribution in [2.45, 2.75) is 185 Å². The fourth-order valence-corrected chi connectivity index (χ4v) is 7.71. The summed E-state index contributed by atoms with van der Waals surface area (Å²) in [7, 11) is 0. The minimum atomic E-state index is -1.52. The van der Waals surface area contributed by atoms with Crippen LogP contribution in [-0.2, 0) is 52.7 Å². The second-order valence-corrected chi connectivity index (χ2v) is 18.8. The first kappa shape index (κ1) is 64.5. The molecule has 10 atom stereocenters. The molecule has 0 unspecified atom stereocenters. The largest absolute Gasteiger partial charge is 0.391 e. The molecule has 414 valence electrons. The van der Waals surface area contributed by atoms with Crippen molar-refractivity contribution in [1.82, 2.24) is 47.4 Å². The van der Waals surface area contributed by atoms with Crippen LogP contribution in [0.3, 0.4) is 0 Å². The topological polar surface area (TPSA) is 450 Å². The summed E-state index contributed by atoms with van der Waals surface area (Å²) in [4.78, 5) is 150. The number of carbonyl (C=O) groups excluding carboxylic acids is 11. The minimum Gasteiger partial charge on any atom is -0.391 e. The quantitative estimate of drug-likeness (QED) is 0.0122. The van der Waals surface area contributed by atoms with Gasteiger partial charge in [-0.05, 0) is 110 Å². The van der Waals surface area contributed by atoms with Crippen molar-refractivity contribution in [3.63, 3.8) is 0 Å². The van der Waals surface area contributed by atoms with Crippen LogP contribution < -0.4 is 71.2 Å². The highest BCUT2D eigenvalue weighted by Crippen LogP contribution is 2.19. The third-order valence-corrected chi connectivity index (χ3v) is 11.7. The lowest BCUT2D eigenvalue weighted by molar-refractivity contribution is -0.140. The Hall–Kier alpha value is -6.48. The van der Waals surface area contributed by atoms with Crippen LogP contribution in [0.2, 0.25) is 0 Å². The van der Waals surface area contributed by atoms with Crippen LogP contribution in [0, 0.1) is 5.92 Å². The van der Waals surface area contributed by atoms with Crippen LogP contribution in [0.25, 0.3) is 0 Å². The molecular weight excluding hydrogens is 955 g/mol. The SMILES string of the molecule is CC(=O)NCCCC[C@H](NC(=O)[C@H](CCCN=C(N)N)NC(=O)[C@@H]1CCCN1C(=O)[C@H](C)N)C(=O)N[C@@H](CCC(N)=O)C(=O)N[C@@H](CC(C)C)C(=O)N[C@@H](C)C(=O)N[C@H](C(=O)N[C@H](C=O)CCCCN)[C@@H](C)O. The first-order valence-corrected chi connectivity index (χ1v) is 24.9. The van der Waals surface area contributed by atoms with E-state index in [0.29, 0.717) is 44.9 Å². The molecule has 0 aliphatic carbocycles. The zero-order valence-corrected chi connectivity index (χ0v) is 43.2. The molecule has 1 rings (SSSR count). The van der Waals surface area contributed by atoms with E-state index in [-0.39, 0.29) is 82.4 Å². The molecule has 1 saturated heterocycles. The Labute approximate surface area is 426 Å². The summed E-state index contributed by atoms with van der Waals surface area (Å²) in [6.45, 7) is 9.85. The van der Waals surface area contributed by atoms with Gasteiger partial charge in [-0.1, -0.05) is 13.8 Å². The molecule has 1 aliphatic rings. The summed E-state index contributed by atoms with van der Waals surface area (Å²) in [5.74, 6) is -7.85. The number of aldehydes is 1. The van der Waals surface area contributed by atoms with Crippen LogP contribution in [-0.4, -0.2) is 168 Å². The third-order valence-electron chi connectivity index (χ3n) is 11.7. The van der Waals surface area contributed by atoms with Crippen LogP contribution in [0.4, 0.5) is 0 Å². The van der Waals surface area contributed by atoms with E-state index in [4.69, 9.17) is 28.7 Å². The van der Waals surface area contributed by atoms with E-state index >= 15 is 0 Å². The summed E-state index contributed by atoms with van der Waals surface area (Å²) in [5.41, 5.74) is 27.7. The van der Waals surface area contributed by atoms with E-state index in [9.17, 15) is 57.8 Å². The summed E-state index contributed by atoms with van der Waals surface area (Å²) in [6, 6.07) is -11.1. The van der Waals surface area contributed by atoms with E-state index < -0.39 is 120 Å². The van der Waals surface area contributed by atoms with Crippen LogP contribution in [0.15, 0.2) is 4.99 Å². The number of nitrogens with two attached hydrogens (primary N) is 5. The van der Waals surface area contributed by atoms with Gasteiger partial charge in [0.15, 0.2) is 5.96 Å². The lowest BCUT2D eigenvalue weighted by Gasteiger charge is -2.29. The number of likely N-dealkylation sites (tertiary alicyclic amines) is 1. The molecule has 1 aliphatic heterocycles. The second-order valence-electron chi connectivity index (χ2n) is 18.8. The van der Waals surface area contributed by atoms with Crippen molar-refractivity contribution in [3.8, 4) is 0 Å². The number of primary amides is 1. The summed E-state index contributed by atoms with van der Waals surface area (Å²) in [5, 5.41) is 30.9. The first-order chi connectivity index (χ1) is 34.3. The van der Waals surface area contributed by atoms with E-state index in [2.05, 4.69) is 47.5 Å². The highest BCUT2D eigenvalue weighted by molar-refractivity contribution is 5.98. The van der Waals surface area contributed by atoms with Crippen molar-refractivity contribution in [2.75, 3.05) is 26.2 Å². The predicted molar refractivity (Wildman–Crippen MR) is 269 cm³/mol. The average molecular weight is 1040 g/mol. The first-order valence-electron chi connectivity index (χ1n) is 24.9. The van der Waals surface area contributed by atoms with E-state index in [1.165, 1.54) is 32.6 Å². The zero-order chi connectivity index (χ0) is 55.4. The molecule has 0 saturated carbocycles. The van der Waals surface area contributed by atoms with Gasteiger partial charge in [-0.25, -0.2) is 0 Å². The fraction of sp³-hybridized carbons (Fsp3) is 0.739. The predicted octanol–water partition coefficient (Wildman–Crippen LogP) is -4.88. The minimum absolute atomic E-state index is 0.0135. The number of aliphatic hydroxyl groups is 1. The Balaban J connectivity index is 3.44. The maximum absolute atomic E-state index is 14.2. The smallest absolute Gasteiger partial charge is 0.245 e. The van der Waals surface area contributed by atoms with Crippen LogP contribution in [0.1, 0.15) is 125 Å². The lowest BCUT2D eigenvalue weighted by atomic mass is 10.0. The number of amides is 10. The van der Waals surface area contributed by atoms with E-state index in [0.717, 1.165) is 0 Å². The molecule has 0 aromatic rings. The molecule has 1 fully saturated rings. The molecular formula is C46H83N15O12. The second kappa shape index (κ2) is 34.0. The Morgan fingerprint density at radius 2 is 1.25 bits per heavy atom. The summed E-state index contributed by atoms with van der Waals surface area (Å²) in [6.07, 6.45) is 1.36. The maximum atomic E-state index is 14.2. The van der Waals surface area contributed by atoms with Crippen molar-refractivity contribution in [1.29, 1.82) is 0 Å². The van der Waals surface area contributed by atoms with Gasteiger partial charge < -0.3 is 86.0 Å². The molecule has 0 spiro atoms. The Morgan fingerprint density at radius 1 is 0.685 bits per heavy atom. The number of hydrogen-bond acceptors (Lipinski definition) is 15. The van der Waals surface area contributed by atoms with E-state index in [1.54, 1.807) is 13.8 Å². The van der Waals surface area contributed by atoms with Crippen molar-refractivity contribution in [2.24, 2.45) is 39.6 Å². The molecule has 27 nitrogen and oxygen atoms in total. The third kappa shape index (κ3) is 25.2. The zero-order valence-electron chi connectivity index (χ0n) is 43.2. The number of rotatable bonds is 35. The molecule has 10 amide bonds. The number of unbranched alkanes of at least 4 members (excludes halogenated alkanes) is 2. The number of carbonyl (C=O) groups is 11. The normalized spacial score (nSPS) is 16.8. The average Bonchev–Trinajstić information content (AvgIpc) is 3.81. The molecule has 73 heavy (non-hydrogen) atoms. The Bertz CT molecular complexity index is 1900. The summed E-state index contributed by atoms with van der Waals surface area (Å²) < 4.78 is 0. The van der Waals surface area contributed by atoms with Gasteiger partial charge >= 0.3 is 0 Å². The number of aliphatic imine (C=N–C) groups is 1. The van der Waals surface area contributed by atoms with Crippen molar-refractivity contribution >= 4 is 71.3 Å². The summed E-state index contributed by atoms with van der Waals surface area (Å²) >= 11 is 0. The molecule has 0 aromatic carbocycles. The standard InChI is InChI=1S/C46H83N15O12/c1-25(2)23-34(42(70)54-27(4)38(66)60-37(28(5)63)44(72)55-30(24-62)13-7-9-19-47)59-41(69)33(17-18-36(49)65)57-39(67)31(14-8-10-20-52-29(6)64)56-40(68)32(15-11-21-53-46(50)51)58-43(71)35-16-12-22-61(35)45(73)26(3)48/h24-28,30-35,37,63H,7-23,47-48H2,1-6H3,(H2,49,65)(H,52,64)(H,54,70)(H,55,72)(H,56,68)(H,57,67)(H,58,71)(H,59,69)(H,60,66)(H4,50,51,53)/t26-,27-,28+,30-,31-,32-,33-,34-,35-,37-/m0/s1. The van der Waals surface area contributed by atoms with Crippen molar-refractivity contribution in [3.05, 3.63) is 0 Å². The number of nitrogens with zero attached hydrogens (tertiary/aromatic N) is 2. The molecule has 1 heterocycles. The van der Waals surface area contributed by atoms with Gasteiger partial charge in [-0.15, -0.1) is 0 Å². The highest BCUT2D eigenvalue weighted by Gasteiger charge is 2.38. The lowest BCUT2D eigenvalue weighted by Crippen LogP contribution is -2.60. The highest BCUT2D eigenvalue weighted by atomic mass is 16.3. The molecule has 27 heteroatoms. The van der Waals surface area contributed by atoms with Gasteiger partial charge in [-0.3, -0.25) is 52.9 Å². The number of nitrogens with one attached hydrogen (secondary N) is 8. The Kier molecular flexibility index (Phi) is 30.1. The number of hydrogen-bond donors (Lipinski definition) is 14. The monoisotopic (exact) mass is 1040 g/mol. The van der Waals surface area contributed by atoms with Gasteiger partial charge in [0.2, 0.25) is 59.1 Å². The Morgan fingerprint density at radius 3 is 1.78 bits per heavy atom. The van der Waals surface area contributed by atoms with Gasteiger partial charge in [0.25, 0.3) is 0 Å². The van der Waals surface area contributed by atoms with Gasteiger partial charge in [0.05, 0.1) is 18.2 Å². The molecule has 0 aromatic heterocycles. The van der Waals surface area contributed by atoms with E-state index in [1.807, 2.05) is 0 Å². The molecule has 19 N–H and O–H groups in total. The number of aliphatic hydroxyl groups excluding tert-OH is 1. The fourth-order valence-electron chi connectivity index (χ4n) is 7.71. The maximum Gasteiger partial charge on any atom is 0.245 e. The van der Waals surface area contributed by atoms with Gasteiger partial charge in [0.1, 0.15) is 48.6 Å². The van der Waals surface area contributed by atoms with Gasteiger partial charge in [0, 0.05) is 33.0 Å². The van der Waals surface area contributed by atoms with Crippen molar-refractivity contribution < 1.29 is 57.8 Å². The number of guanidine groups is 1. The van der Waals surface area contributed by atoms with Crippen LogP contribution in [0.5, 0.6) is 0 Å².